The van der Waals surface area contributed by atoms with Crippen molar-refractivity contribution in [2.45, 2.75) is 32.2 Å². The van der Waals surface area contributed by atoms with Crippen molar-refractivity contribution in [3.8, 4) is 0 Å². The lowest BCUT2D eigenvalue weighted by Crippen LogP contribution is -2.70. The van der Waals surface area contributed by atoms with Gasteiger partial charge in [-0.3, -0.25) is 19.3 Å². The van der Waals surface area contributed by atoms with Gasteiger partial charge in [0.25, 0.3) is 11.8 Å². The number of carbonyl (C=O) groups is 5. The van der Waals surface area contributed by atoms with Crippen LogP contribution in [0, 0.1) is 5.41 Å². The third-order valence-electron chi connectivity index (χ3n) is 4.57. The Labute approximate surface area is 207 Å². The van der Waals surface area contributed by atoms with E-state index in [0.717, 1.165) is 0 Å². The molecule has 1 aromatic heterocycles. The first-order chi connectivity index (χ1) is 16.5. The average molecular weight is 527 g/mol. The van der Waals surface area contributed by atoms with E-state index in [4.69, 9.17) is 14.6 Å². The first kappa shape index (κ1) is 26.2. The molecule has 15 heteroatoms. The quantitative estimate of drug-likeness (QED) is 0.149. The number of hydrogen-bond donors (Lipinski definition) is 2. The molecule has 13 nitrogen and oxygen atoms in total. The van der Waals surface area contributed by atoms with Gasteiger partial charge < -0.3 is 24.7 Å². The zero-order valence-corrected chi connectivity index (χ0v) is 20.5. The maximum Gasteiger partial charge on any atom is 0.357 e. The molecule has 35 heavy (non-hydrogen) atoms. The van der Waals surface area contributed by atoms with Gasteiger partial charge in [-0.2, -0.15) is 0 Å². The summed E-state index contributed by atoms with van der Waals surface area (Å²) in [6.07, 6.45) is 1.51. The second kappa shape index (κ2) is 10.9. The van der Waals surface area contributed by atoms with Crippen LogP contribution < -0.4 is 5.32 Å². The van der Waals surface area contributed by atoms with Crippen LogP contribution in [0.25, 0.3) is 0 Å². The van der Waals surface area contributed by atoms with Crippen LogP contribution in [0.4, 0.5) is 0 Å². The monoisotopic (exact) mass is 526 g/mol. The first-order valence-corrected chi connectivity index (χ1v) is 12.1. The number of thiazole rings is 1. The lowest BCUT2D eigenvalue weighted by atomic mass is 9.98. The molecule has 0 saturated carbocycles. The average Bonchev–Trinajstić information content (AvgIpc) is 3.32. The fraction of sp³-hybridized carbons (Fsp3) is 0.450. The summed E-state index contributed by atoms with van der Waals surface area (Å²) >= 11 is 2.49. The molecule has 2 aliphatic heterocycles. The van der Waals surface area contributed by atoms with Gasteiger partial charge in [0, 0.05) is 11.1 Å². The zero-order valence-electron chi connectivity index (χ0n) is 18.9. The summed E-state index contributed by atoms with van der Waals surface area (Å²) in [5, 5.41) is 15.7. The second-order valence-corrected chi connectivity index (χ2v) is 10.1. The van der Waals surface area contributed by atoms with Gasteiger partial charge in [0.05, 0.1) is 10.9 Å². The van der Waals surface area contributed by atoms with Crippen molar-refractivity contribution in [3.63, 3.8) is 0 Å². The lowest BCUT2D eigenvalue weighted by molar-refractivity contribution is -0.173. The number of oxime groups is 1. The largest absolute Gasteiger partial charge is 0.479 e. The van der Waals surface area contributed by atoms with Crippen LogP contribution in [-0.2, 0) is 38.3 Å². The number of rotatable bonds is 9. The number of hydrogen-bond acceptors (Lipinski definition) is 12. The molecule has 3 heterocycles. The number of aromatic nitrogens is 1. The molecule has 1 aromatic rings. The molecular formula is C20H22N4O9S2. The van der Waals surface area contributed by atoms with E-state index in [1.165, 1.54) is 45.0 Å². The minimum absolute atomic E-state index is 0.0192. The third-order valence-corrected chi connectivity index (χ3v) is 6.34. The van der Waals surface area contributed by atoms with E-state index in [1.807, 2.05) is 0 Å². The van der Waals surface area contributed by atoms with Crippen LogP contribution in [0.3, 0.4) is 0 Å². The van der Waals surface area contributed by atoms with Crippen LogP contribution >= 0.6 is 23.1 Å². The SMILES string of the molecule is CC(C)(C)C(=O)OCOC(=O)C1=CCS[C@@H]2C(NC(=O)C(=NOCC(=O)O)c3cscn3)C(=O)N12. The standard InChI is InChI=1S/C20H22N4O9S2/c1-20(2,3)19(30)32-9-31-18(29)11-4-5-35-17-14(16(28)24(11)17)22-15(27)13(10-7-34-8-21-10)23-33-6-12(25)26/h4,7-8,14,17H,5-6,9H2,1-3H3,(H,22,27)(H,25,26)/t14?,17-/m1/s1. The van der Waals surface area contributed by atoms with E-state index >= 15 is 0 Å². The Bertz CT molecular complexity index is 1080. The van der Waals surface area contributed by atoms with Crippen LogP contribution in [0.1, 0.15) is 26.5 Å². The Morgan fingerprint density at radius 2 is 2.03 bits per heavy atom. The molecule has 1 saturated heterocycles. The molecular weight excluding hydrogens is 504 g/mol. The van der Waals surface area contributed by atoms with Crippen LogP contribution in [0.2, 0.25) is 0 Å². The Balaban J connectivity index is 1.62. The number of carbonyl (C=O) groups excluding carboxylic acids is 4. The Kier molecular flexibility index (Phi) is 8.11. The van der Waals surface area contributed by atoms with Crippen molar-refractivity contribution in [1.29, 1.82) is 0 Å². The van der Waals surface area contributed by atoms with Crippen molar-refractivity contribution in [2.24, 2.45) is 10.6 Å². The molecule has 2 atom stereocenters. The van der Waals surface area contributed by atoms with Gasteiger partial charge in [0.1, 0.15) is 22.8 Å². The molecule has 0 spiro atoms. The van der Waals surface area contributed by atoms with E-state index in [1.54, 1.807) is 20.8 Å². The highest BCUT2D eigenvalue weighted by atomic mass is 32.2. The van der Waals surface area contributed by atoms with Gasteiger partial charge in [-0.05, 0) is 26.8 Å². The number of esters is 2. The van der Waals surface area contributed by atoms with Crippen molar-refractivity contribution in [1.82, 2.24) is 15.2 Å². The number of ether oxygens (including phenoxy) is 2. The van der Waals surface area contributed by atoms with E-state index in [2.05, 4.69) is 20.3 Å². The van der Waals surface area contributed by atoms with Crippen molar-refractivity contribution < 1.29 is 43.4 Å². The number of carboxylic acid groups (broad SMARTS) is 1. The van der Waals surface area contributed by atoms with Crippen molar-refractivity contribution in [2.75, 3.05) is 19.2 Å². The maximum absolute atomic E-state index is 12.8. The Morgan fingerprint density at radius 1 is 1.29 bits per heavy atom. The lowest BCUT2D eigenvalue weighted by Gasteiger charge is -2.48. The summed E-state index contributed by atoms with van der Waals surface area (Å²) in [7, 11) is 0. The van der Waals surface area contributed by atoms with Crippen LogP contribution in [0.5, 0.6) is 0 Å². The second-order valence-electron chi connectivity index (χ2n) is 8.18. The van der Waals surface area contributed by atoms with E-state index in [9.17, 15) is 24.0 Å². The highest BCUT2D eigenvalue weighted by Gasteiger charge is 2.53. The fourth-order valence-electron chi connectivity index (χ4n) is 2.85. The molecule has 188 valence electrons. The summed E-state index contributed by atoms with van der Waals surface area (Å²) in [6.45, 7) is 3.59. The Morgan fingerprint density at radius 3 is 2.66 bits per heavy atom. The van der Waals surface area contributed by atoms with Gasteiger partial charge in [-0.25, -0.2) is 14.6 Å². The van der Waals surface area contributed by atoms with Gasteiger partial charge >= 0.3 is 17.9 Å². The third kappa shape index (κ3) is 6.16. The van der Waals surface area contributed by atoms with Gasteiger partial charge in [0.15, 0.2) is 5.71 Å². The molecule has 1 fully saturated rings. The van der Waals surface area contributed by atoms with Crippen molar-refractivity contribution in [3.05, 3.63) is 28.4 Å². The number of amides is 2. The number of aliphatic carboxylic acids is 1. The summed E-state index contributed by atoms with van der Waals surface area (Å²) in [6, 6.07) is -0.981. The number of thioether (sulfide) groups is 1. The molecule has 0 aromatic carbocycles. The predicted molar refractivity (Wildman–Crippen MR) is 122 cm³/mol. The number of β-lactam (4-membered cyclic amide) rings is 1. The molecule has 2 aliphatic rings. The van der Waals surface area contributed by atoms with Gasteiger partial charge in [0.2, 0.25) is 13.4 Å². The maximum atomic E-state index is 12.8. The molecule has 2 N–H and O–H groups in total. The molecule has 0 radical (unpaired) electrons. The minimum Gasteiger partial charge on any atom is -0.479 e. The predicted octanol–water partition coefficient (Wildman–Crippen LogP) is 0.322. The molecule has 2 amide bonds. The normalized spacial score (nSPS) is 19.6. The highest BCUT2D eigenvalue weighted by molar-refractivity contribution is 8.00. The summed E-state index contributed by atoms with van der Waals surface area (Å²) in [4.78, 5) is 70.4. The van der Waals surface area contributed by atoms with Crippen molar-refractivity contribution >= 4 is 58.5 Å². The van der Waals surface area contributed by atoms with E-state index < -0.39 is 60.0 Å². The zero-order chi connectivity index (χ0) is 25.8. The van der Waals surface area contributed by atoms with Crippen LogP contribution in [-0.4, -0.2) is 81.0 Å². The van der Waals surface area contributed by atoms with Gasteiger partial charge in [-0.1, -0.05) is 5.16 Å². The van der Waals surface area contributed by atoms with E-state index in [-0.39, 0.29) is 17.1 Å². The summed E-state index contributed by atoms with van der Waals surface area (Å²) in [5.74, 6) is -3.68. The number of fused-ring (bicyclic) bond motifs is 1. The molecule has 0 bridgehead atoms. The fourth-order valence-corrected chi connectivity index (χ4v) is 4.58. The molecule has 0 aliphatic carbocycles. The smallest absolute Gasteiger partial charge is 0.357 e. The molecule has 3 rings (SSSR count). The number of nitrogens with zero attached hydrogens (tertiary/aromatic N) is 3. The topological polar surface area (TPSA) is 174 Å². The summed E-state index contributed by atoms with van der Waals surface area (Å²) in [5.41, 5.74) is 0.511. The van der Waals surface area contributed by atoms with Crippen LogP contribution in [0.15, 0.2) is 27.8 Å². The summed E-state index contributed by atoms with van der Waals surface area (Å²) < 4.78 is 9.90. The van der Waals surface area contributed by atoms with Gasteiger partial charge in [-0.15, -0.1) is 23.1 Å². The molecule has 1 unspecified atom stereocenters. The number of carboxylic acids is 1. The minimum atomic E-state index is -1.28. The number of nitrogens with one attached hydrogen (secondary N) is 1. The first-order valence-electron chi connectivity index (χ1n) is 10.1. The Hall–Kier alpha value is -3.46. The van der Waals surface area contributed by atoms with E-state index in [0.29, 0.717) is 5.75 Å². The highest BCUT2D eigenvalue weighted by Crippen LogP contribution is 2.37.